The zero-order valence-electron chi connectivity index (χ0n) is 21.4. The van der Waals surface area contributed by atoms with Crippen LogP contribution in [-0.4, -0.2) is 78.3 Å². The van der Waals surface area contributed by atoms with Crippen molar-refractivity contribution in [2.24, 2.45) is 0 Å². The van der Waals surface area contributed by atoms with Crippen molar-refractivity contribution in [1.82, 2.24) is 0 Å². The van der Waals surface area contributed by atoms with Gasteiger partial charge in [-0.05, 0) is 23.9 Å². The number of para-hydroxylation sites is 1. The molecule has 2 rings (SSSR count). The maximum absolute atomic E-state index is 12.3. The van der Waals surface area contributed by atoms with Gasteiger partial charge in [-0.15, -0.1) is 6.58 Å². The van der Waals surface area contributed by atoms with Gasteiger partial charge in [0.1, 0.15) is 18.5 Å². The van der Waals surface area contributed by atoms with Crippen LogP contribution in [-0.2, 0) is 47.6 Å². The van der Waals surface area contributed by atoms with Crippen LogP contribution >= 0.6 is 11.8 Å². The highest BCUT2D eigenvalue weighted by Gasteiger charge is 2.52. The summed E-state index contributed by atoms with van der Waals surface area (Å²) in [4.78, 5) is 59.4. The molecule has 0 aromatic heterocycles. The van der Waals surface area contributed by atoms with E-state index in [0.717, 1.165) is 32.5 Å². The molecule has 6 atom stereocenters. The molecule has 1 saturated heterocycles. The molecule has 1 aliphatic rings. The minimum Gasteiger partial charge on any atom is -0.463 e. The Morgan fingerprint density at radius 2 is 1.47 bits per heavy atom. The maximum atomic E-state index is 12.3. The summed E-state index contributed by atoms with van der Waals surface area (Å²) in [6.07, 6.45) is -5.11. The van der Waals surface area contributed by atoms with E-state index in [1.165, 1.54) is 13.0 Å². The predicted octanol–water partition coefficient (Wildman–Crippen LogP) is 2.57. The van der Waals surface area contributed by atoms with Crippen LogP contribution in [0.5, 0.6) is 5.75 Å². The van der Waals surface area contributed by atoms with E-state index < -0.39 is 65.1 Å². The average molecular weight is 555 g/mol. The molecule has 0 bridgehead atoms. The molecule has 1 aromatic carbocycles. The summed E-state index contributed by atoms with van der Waals surface area (Å²) >= 11 is 0.787. The number of benzene rings is 1. The number of esters is 4. The summed E-state index contributed by atoms with van der Waals surface area (Å²) in [6.45, 7) is 7.66. The van der Waals surface area contributed by atoms with E-state index in [1.54, 1.807) is 30.3 Å². The van der Waals surface area contributed by atoms with Crippen molar-refractivity contribution in [3.05, 3.63) is 43.0 Å². The third kappa shape index (κ3) is 10.1. The van der Waals surface area contributed by atoms with E-state index in [2.05, 4.69) is 6.58 Å². The van der Waals surface area contributed by atoms with E-state index >= 15 is 0 Å². The number of thioether (sulfide) groups is 1. The molecule has 12 nitrogen and oxygen atoms in total. The first-order chi connectivity index (χ1) is 18.0. The predicted molar refractivity (Wildman–Crippen MR) is 132 cm³/mol. The molecular formula is C25H30O12S. The first kappa shape index (κ1) is 30.8. The summed E-state index contributed by atoms with van der Waals surface area (Å²) in [7, 11) is 0. The van der Waals surface area contributed by atoms with E-state index in [4.69, 9.17) is 33.2 Å². The minimum atomic E-state index is -1.37. The van der Waals surface area contributed by atoms with Crippen molar-refractivity contribution in [3.63, 3.8) is 0 Å². The van der Waals surface area contributed by atoms with E-state index in [1.807, 2.05) is 0 Å². The first-order valence-corrected chi connectivity index (χ1v) is 12.4. The molecule has 208 valence electrons. The van der Waals surface area contributed by atoms with Crippen molar-refractivity contribution in [2.75, 3.05) is 13.2 Å². The van der Waals surface area contributed by atoms with E-state index in [0.29, 0.717) is 5.75 Å². The Kier molecular flexibility index (Phi) is 12.2. The molecule has 0 aliphatic carbocycles. The van der Waals surface area contributed by atoms with Crippen LogP contribution in [0.1, 0.15) is 27.7 Å². The number of carbonyl (C=O) groups is 5. The zero-order valence-corrected chi connectivity index (χ0v) is 22.2. The summed E-state index contributed by atoms with van der Waals surface area (Å²) < 4.78 is 38.0. The molecule has 0 amide bonds. The van der Waals surface area contributed by atoms with Crippen LogP contribution in [0.2, 0.25) is 0 Å². The second-order valence-corrected chi connectivity index (χ2v) is 9.13. The van der Waals surface area contributed by atoms with Crippen molar-refractivity contribution < 1.29 is 57.1 Å². The van der Waals surface area contributed by atoms with Crippen LogP contribution in [0.3, 0.4) is 0 Å². The highest BCUT2D eigenvalue weighted by molar-refractivity contribution is 8.14. The Bertz CT molecular complexity index is 997. The van der Waals surface area contributed by atoms with Crippen molar-refractivity contribution in [3.8, 4) is 5.75 Å². The zero-order chi connectivity index (χ0) is 28.2. The third-order valence-electron chi connectivity index (χ3n) is 4.83. The molecule has 1 heterocycles. The number of rotatable bonds is 11. The van der Waals surface area contributed by atoms with Crippen molar-refractivity contribution in [1.29, 1.82) is 0 Å². The van der Waals surface area contributed by atoms with Crippen LogP contribution in [0.4, 0.5) is 4.79 Å². The van der Waals surface area contributed by atoms with Gasteiger partial charge >= 0.3 is 29.2 Å². The highest BCUT2D eigenvalue weighted by Crippen LogP contribution is 2.31. The van der Waals surface area contributed by atoms with Crippen LogP contribution < -0.4 is 4.74 Å². The number of ether oxygens (including phenoxy) is 7. The lowest BCUT2D eigenvalue weighted by Crippen LogP contribution is -2.63. The lowest BCUT2D eigenvalue weighted by molar-refractivity contribution is -0.307. The van der Waals surface area contributed by atoms with Crippen LogP contribution in [0.25, 0.3) is 0 Å². The number of hydrogen-bond donors (Lipinski definition) is 0. The molecule has 0 spiro atoms. The Hall–Kier alpha value is -3.42. The minimum absolute atomic E-state index is 0.175. The van der Waals surface area contributed by atoms with Gasteiger partial charge in [-0.2, -0.15) is 0 Å². The van der Waals surface area contributed by atoms with Gasteiger partial charge in [0.2, 0.25) is 0 Å². The van der Waals surface area contributed by atoms with Crippen LogP contribution in [0.15, 0.2) is 43.0 Å². The molecule has 1 fully saturated rings. The normalized spacial score (nSPS) is 23.3. The quantitative estimate of drug-likeness (QED) is 0.224. The Morgan fingerprint density at radius 1 is 0.895 bits per heavy atom. The second kappa shape index (κ2) is 15.1. The summed E-state index contributed by atoms with van der Waals surface area (Å²) in [5, 5.41) is -1.25. The topological polar surface area (TPSA) is 150 Å². The molecule has 1 aliphatic heterocycles. The van der Waals surface area contributed by atoms with Crippen molar-refractivity contribution in [2.45, 2.75) is 63.7 Å². The average Bonchev–Trinajstić information content (AvgIpc) is 2.83. The Balaban J connectivity index is 2.24. The Labute approximate surface area is 223 Å². The van der Waals surface area contributed by atoms with E-state index in [-0.39, 0.29) is 13.2 Å². The molecule has 1 aromatic rings. The highest BCUT2D eigenvalue weighted by atomic mass is 32.2. The van der Waals surface area contributed by atoms with Gasteiger partial charge in [0.25, 0.3) is 0 Å². The molecule has 0 N–H and O–H groups in total. The standard InChI is InChI=1S/C25H30O12S/c1-6-19(38-25(30)36-18-10-8-7-9-11-18)12-32-24-23(35-17(5)29)22(34-16(4)28)21(33-15(3)27)20(37-24)13-31-14(2)26/h6-11,19-24H,1,12-13H2,2-5H3/t19?,20?,21-,22-,23?,24+/m0/s1. The Morgan fingerprint density at radius 3 is 2.03 bits per heavy atom. The number of carbonyl (C=O) groups excluding carboxylic acids is 5. The summed E-state index contributed by atoms with van der Waals surface area (Å²) in [5.74, 6) is -2.55. The SMILES string of the molecule is C=CC(CO[C@@H]1OC(COC(C)=O)[C@H](OC(C)=O)[C@H](OC(C)=O)C1OC(C)=O)SC(=O)Oc1ccccc1. The fourth-order valence-corrected chi connectivity index (χ4v) is 4.03. The van der Waals surface area contributed by atoms with Gasteiger partial charge in [0.05, 0.1) is 11.9 Å². The maximum Gasteiger partial charge on any atom is 0.373 e. The molecule has 3 unspecified atom stereocenters. The summed E-state index contributed by atoms with van der Waals surface area (Å²) in [6, 6.07) is 8.45. The van der Waals surface area contributed by atoms with Gasteiger partial charge in [-0.3, -0.25) is 19.2 Å². The smallest absolute Gasteiger partial charge is 0.373 e. The van der Waals surface area contributed by atoms with Crippen LogP contribution in [0, 0.1) is 0 Å². The number of hydrogen-bond acceptors (Lipinski definition) is 13. The first-order valence-electron chi connectivity index (χ1n) is 11.5. The van der Waals surface area contributed by atoms with E-state index in [9.17, 15) is 24.0 Å². The molecule has 0 radical (unpaired) electrons. The molecule has 13 heteroatoms. The van der Waals surface area contributed by atoms with Crippen molar-refractivity contribution >= 4 is 40.9 Å². The molecule has 38 heavy (non-hydrogen) atoms. The summed E-state index contributed by atoms with van der Waals surface area (Å²) in [5.41, 5.74) is 0. The molecular weight excluding hydrogens is 524 g/mol. The van der Waals surface area contributed by atoms with Gasteiger partial charge in [0, 0.05) is 27.7 Å². The fraction of sp³-hybridized carbons (Fsp3) is 0.480. The van der Waals surface area contributed by atoms with Gasteiger partial charge in [-0.25, -0.2) is 4.79 Å². The monoisotopic (exact) mass is 554 g/mol. The third-order valence-corrected chi connectivity index (χ3v) is 5.73. The second-order valence-electron chi connectivity index (χ2n) is 7.96. The molecule has 0 saturated carbocycles. The lowest BCUT2D eigenvalue weighted by Gasteiger charge is -2.44. The van der Waals surface area contributed by atoms with Gasteiger partial charge < -0.3 is 33.2 Å². The lowest BCUT2D eigenvalue weighted by atomic mass is 9.98. The van der Waals surface area contributed by atoms with Gasteiger partial charge in [0.15, 0.2) is 24.6 Å². The van der Waals surface area contributed by atoms with Gasteiger partial charge in [-0.1, -0.05) is 24.3 Å². The largest absolute Gasteiger partial charge is 0.463 e. The fourth-order valence-electron chi connectivity index (χ4n) is 3.40.